The van der Waals surface area contributed by atoms with Crippen molar-refractivity contribution in [3.8, 4) is 0 Å². The Morgan fingerprint density at radius 2 is 1.83 bits per heavy atom. The Kier molecular flexibility index (Phi) is 4.77. The molecule has 1 rings (SSSR count). The number of aliphatic carboxylic acids is 1. The fraction of sp³-hybridized carbons (Fsp3) is 0.857. The van der Waals surface area contributed by atoms with E-state index in [9.17, 15) is 9.59 Å². The van der Waals surface area contributed by atoms with Crippen LogP contribution >= 0.6 is 0 Å². The SMILES string of the molecule is CC(C)CC1(C(=O)N(C)CC(C)C(=O)O)CCC1. The second kappa shape index (κ2) is 5.72. The van der Waals surface area contributed by atoms with Gasteiger partial charge in [-0.1, -0.05) is 27.2 Å². The first-order valence-electron chi connectivity index (χ1n) is 6.77. The smallest absolute Gasteiger partial charge is 0.308 e. The van der Waals surface area contributed by atoms with Gasteiger partial charge in [-0.25, -0.2) is 0 Å². The van der Waals surface area contributed by atoms with Crippen LogP contribution in [-0.4, -0.2) is 35.5 Å². The zero-order valence-corrected chi connectivity index (χ0v) is 11.9. The summed E-state index contributed by atoms with van der Waals surface area (Å²) in [6.45, 7) is 6.20. The lowest BCUT2D eigenvalue weighted by Gasteiger charge is -2.44. The topological polar surface area (TPSA) is 57.6 Å². The van der Waals surface area contributed by atoms with Gasteiger partial charge < -0.3 is 10.0 Å². The number of carboxylic acids is 1. The van der Waals surface area contributed by atoms with Gasteiger partial charge in [0.1, 0.15) is 0 Å². The maximum atomic E-state index is 12.5. The molecule has 0 aromatic rings. The molecule has 0 heterocycles. The Hall–Kier alpha value is -1.06. The molecule has 0 spiro atoms. The molecular formula is C14H25NO3. The highest BCUT2D eigenvalue weighted by Gasteiger charge is 2.45. The summed E-state index contributed by atoms with van der Waals surface area (Å²) in [5, 5.41) is 8.89. The summed E-state index contributed by atoms with van der Waals surface area (Å²) >= 11 is 0. The quantitative estimate of drug-likeness (QED) is 0.792. The lowest BCUT2D eigenvalue weighted by atomic mass is 9.63. The molecule has 1 N–H and O–H groups in total. The first-order valence-corrected chi connectivity index (χ1v) is 6.77. The third-order valence-electron chi connectivity index (χ3n) is 3.88. The molecule has 18 heavy (non-hydrogen) atoms. The van der Waals surface area contributed by atoms with Gasteiger partial charge in [-0.3, -0.25) is 9.59 Å². The molecule has 1 saturated carbocycles. The minimum Gasteiger partial charge on any atom is -0.481 e. The van der Waals surface area contributed by atoms with E-state index in [1.807, 2.05) is 0 Å². The molecule has 4 nitrogen and oxygen atoms in total. The van der Waals surface area contributed by atoms with Crippen LogP contribution in [0.25, 0.3) is 0 Å². The van der Waals surface area contributed by atoms with Gasteiger partial charge in [-0.2, -0.15) is 0 Å². The van der Waals surface area contributed by atoms with E-state index >= 15 is 0 Å². The van der Waals surface area contributed by atoms with Gasteiger partial charge in [-0.05, 0) is 25.2 Å². The van der Waals surface area contributed by atoms with Crippen LogP contribution in [0.1, 0.15) is 46.5 Å². The van der Waals surface area contributed by atoms with Crippen LogP contribution in [0.4, 0.5) is 0 Å². The first kappa shape index (κ1) is 15.0. The van der Waals surface area contributed by atoms with Crippen LogP contribution in [0, 0.1) is 17.3 Å². The van der Waals surface area contributed by atoms with Crippen molar-refractivity contribution in [2.45, 2.75) is 46.5 Å². The standard InChI is InChI=1S/C14H25NO3/c1-10(2)8-14(6-5-7-14)13(18)15(4)9-11(3)12(16)17/h10-11H,5-9H2,1-4H3,(H,16,17). The molecule has 1 fully saturated rings. The molecule has 1 aliphatic carbocycles. The maximum absolute atomic E-state index is 12.5. The predicted molar refractivity (Wildman–Crippen MR) is 70.2 cm³/mol. The van der Waals surface area contributed by atoms with Gasteiger partial charge in [0.05, 0.1) is 5.92 Å². The van der Waals surface area contributed by atoms with E-state index in [0.29, 0.717) is 12.5 Å². The van der Waals surface area contributed by atoms with Gasteiger partial charge in [0.25, 0.3) is 0 Å². The normalized spacial score (nSPS) is 19.2. The van der Waals surface area contributed by atoms with Crippen molar-refractivity contribution in [2.75, 3.05) is 13.6 Å². The molecule has 4 heteroatoms. The van der Waals surface area contributed by atoms with Crippen LogP contribution in [0.15, 0.2) is 0 Å². The molecule has 1 unspecified atom stereocenters. The van der Waals surface area contributed by atoms with E-state index < -0.39 is 11.9 Å². The fourth-order valence-electron chi connectivity index (χ4n) is 2.87. The molecule has 1 amide bonds. The zero-order valence-electron chi connectivity index (χ0n) is 11.9. The summed E-state index contributed by atoms with van der Waals surface area (Å²) < 4.78 is 0. The molecule has 0 saturated heterocycles. The molecule has 1 aliphatic rings. The number of nitrogens with zero attached hydrogens (tertiary/aromatic N) is 1. The lowest BCUT2D eigenvalue weighted by Crippen LogP contribution is -2.48. The minimum absolute atomic E-state index is 0.135. The molecule has 0 aromatic carbocycles. The molecule has 1 atom stereocenters. The van der Waals surface area contributed by atoms with Crippen molar-refractivity contribution in [1.29, 1.82) is 0 Å². The van der Waals surface area contributed by atoms with Crippen molar-refractivity contribution in [3.05, 3.63) is 0 Å². The summed E-state index contributed by atoms with van der Waals surface area (Å²) in [5.74, 6) is -0.716. The number of carbonyl (C=O) groups is 2. The van der Waals surface area contributed by atoms with Gasteiger partial charge in [0.15, 0.2) is 0 Å². The highest BCUT2D eigenvalue weighted by Crippen LogP contribution is 2.47. The van der Waals surface area contributed by atoms with E-state index in [1.165, 1.54) is 0 Å². The number of carboxylic acid groups (broad SMARTS) is 1. The number of amides is 1. The summed E-state index contributed by atoms with van der Waals surface area (Å²) in [5.41, 5.74) is -0.207. The van der Waals surface area contributed by atoms with Crippen molar-refractivity contribution >= 4 is 11.9 Å². The largest absolute Gasteiger partial charge is 0.481 e. The van der Waals surface area contributed by atoms with Gasteiger partial charge in [0, 0.05) is 19.0 Å². The Balaban J connectivity index is 2.64. The molecule has 0 aliphatic heterocycles. The molecule has 0 aromatic heterocycles. The second-order valence-corrected chi connectivity index (χ2v) is 6.16. The van der Waals surface area contributed by atoms with Gasteiger partial charge in [-0.15, -0.1) is 0 Å². The fourth-order valence-corrected chi connectivity index (χ4v) is 2.87. The van der Waals surface area contributed by atoms with Crippen LogP contribution in [0.3, 0.4) is 0 Å². The van der Waals surface area contributed by atoms with Gasteiger partial charge >= 0.3 is 5.97 Å². The number of rotatable bonds is 6. The number of hydrogen-bond donors (Lipinski definition) is 1. The Labute approximate surface area is 109 Å². The highest BCUT2D eigenvalue weighted by molar-refractivity contribution is 5.84. The molecular weight excluding hydrogens is 230 g/mol. The van der Waals surface area contributed by atoms with E-state index in [4.69, 9.17) is 5.11 Å². The third kappa shape index (κ3) is 3.24. The second-order valence-electron chi connectivity index (χ2n) is 6.16. The summed E-state index contributed by atoms with van der Waals surface area (Å²) in [7, 11) is 1.72. The predicted octanol–water partition coefficient (Wildman–Crippen LogP) is 2.38. The van der Waals surface area contributed by atoms with E-state index in [-0.39, 0.29) is 11.3 Å². The van der Waals surface area contributed by atoms with E-state index in [0.717, 1.165) is 25.7 Å². The monoisotopic (exact) mass is 255 g/mol. The number of hydrogen-bond acceptors (Lipinski definition) is 2. The van der Waals surface area contributed by atoms with Crippen molar-refractivity contribution in [1.82, 2.24) is 4.90 Å². The Morgan fingerprint density at radius 3 is 2.17 bits per heavy atom. The van der Waals surface area contributed by atoms with Crippen LogP contribution in [0.2, 0.25) is 0 Å². The summed E-state index contributed by atoms with van der Waals surface area (Å²) in [6, 6.07) is 0. The van der Waals surface area contributed by atoms with Crippen LogP contribution in [-0.2, 0) is 9.59 Å². The molecule has 0 radical (unpaired) electrons. The highest BCUT2D eigenvalue weighted by atomic mass is 16.4. The Bertz CT molecular complexity index is 321. The minimum atomic E-state index is -0.846. The molecule has 0 bridgehead atoms. The summed E-state index contributed by atoms with van der Waals surface area (Å²) in [6.07, 6.45) is 3.93. The van der Waals surface area contributed by atoms with Crippen molar-refractivity contribution < 1.29 is 14.7 Å². The van der Waals surface area contributed by atoms with E-state index in [1.54, 1.807) is 18.9 Å². The van der Waals surface area contributed by atoms with Gasteiger partial charge in [0.2, 0.25) is 5.91 Å². The number of carbonyl (C=O) groups excluding carboxylic acids is 1. The third-order valence-corrected chi connectivity index (χ3v) is 3.88. The van der Waals surface area contributed by atoms with E-state index in [2.05, 4.69) is 13.8 Å². The Morgan fingerprint density at radius 1 is 1.28 bits per heavy atom. The lowest BCUT2D eigenvalue weighted by molar-refractivity contribution is -0.150. The average Bonchev–Trinajstić information content (AvgIpc) is 2.21. The first-order chi connectivity index (χ1) is 8.28. The maximum Gasteiger partial charge on any atom is 0.308 e. The van der Waals surface area contributed by atoms with Crippen LogP contribution < -0.4 is 0 Å². The summed E-state index contributed by atoms with van der Waals surface area (Å²) in [4.78, 5) is 24.9. The zero-order chi connectivity index (χ0) is 13.9. The average molecular weight is 255 g/mol. The van der Waals surface area contributed by atoms with Crippen molar-refractivity contribution in [3.63, 3.8) is 0 Å². The van der Waals surface area contributed by atoms with Crippen molar-refractivity contribution in [2.24, 2.45) is 17.3 Å². The van der Waals surface area contributed by atoms with Crippen LogP contribution in [0.5, 0.6) is 0 Å². The molecule has 104 valence electrons.